The quantitative estimate of drug-likeness (QED) is 0.538. The van der Waals surface area contributed by atoms with Crippen LogP contribution in [0.4, 0.5) is 17.6 Å². The Labute approximate surface area is 89.2 Å². The number of hydrogen-bond acceptors (Lipinski definition) is 0. The van der Waals surface area contributed by atoms with Gasteiger partial charge in [0, 0.05) is 5.88 Å². The Kier molecular flexibility index (Phi) is 3.39. The van der Waals surface area contributed by atoms with Crippen LogP contribution in [0.3, 0.4) is 0 Å². The molecule has 0 nitrogen and oxygen atoms in total. The summed E-state index contributed by atoms with van der Waals surface area (Å²) in [7, 11) is 0. The van der Waals surface area contributed by atoms with Gasteiger partial charge in [-0.15, -0.1) is 11.6 Å². The molecule has 1 rings (SSSR count). The van der Waals surface area contributed by atoms with Gasteiger partial charge in [-0.3, -0.25) is 0 Å². The zero-order chi connectivity index (χ0) is 11.6. The van der Waals surface area contributed by atoms with E-state index in [-0.39, 0.29) is 17.0 Å². The average Bonchev–Trinajstić information content (AvgIpc) is 2.14. The molecule has 0 saturated heterocycles. The summed E-state index contributed by atoms with van der Waals surface area (Å²) in [5.74, 6) is -0.920. The van der Waals surface area contributed by atoms with Gasteiger partial charge in [-0.1, -0.05) is 6.58 Å². The van der Waals surface area contributed by atoms with Crippen molar-refractivity contribution in [1.29, 1.82) is 0 Å². The van der Waals surface area contributed by atoms with Crippen LogP contribution in [0, 0.1) is 5.82 Å². The highest BCUT2D eigenvalue weighted by Crippen LogP contribution is 2.35. The smallest absolute Gasteiger partial charge is 0.207 e. The van der Waals surface area contributed by atoms with Crippen LogP contribution in [0.2, 0.25) is 0 Å². The van der Waals surface area contributed by atoms with E-state index in [9.17, 15) is 17.6 Å². The third-order valence-electron chi connectivity index (χ3n) is 1.83. The van der Waals surface area contributed by atoms with E-state index in [0.29, 0.717) is 6.07 Å². The van der Waals surface area contributed by atoms with Crippen LogP contribution in [0.25, 0.3) is 5.57 Å². The van der Waals surface area contributed by atoms with Crippen molar-refractivity contribution in [3.8, 4) is 0 Å². The lowest BCUT2D eigenvalue weighted by Gasteiger charge is -2.13. The molecule has 0 aliphatic heterocycles. The summed E-state index contributed by atoms with van der Waals surface area (Å²) in [5.41, 5.74) is -1.17. The number of benzene rings is 1. The number of allylic oxidation sites excluding steroid dienone is 1. The molecule has 0 atom stereocenters. The molecule has 0 amide bonds. The van der Waals surface area contributed by atoms with Gasteiger partial charge in [0.05, 0.1) is 5.56 Å². The maximum Gasteiger partial charge on any atom is 0.416 e. The molecule has 0 heterocycles. The SMILES string of the molecule is C=C(CCl)c1cc(F)ccc1C(F)(F)F. The van der Waals surface area contributed by atoms with E-state index in [1.54, 1.807) is 0 Å². The predicted molar refractivity (Wildman–Crippen MR) is 51.2 cm³/mol. The molecule has 0 aliphatic rings. The summed E-state index contributed by atoms with van der Waals surface area (Å²) < 4.78 is 50.2. The number of rotatable bonds is 2. The Balaban J connectivity index is 3.33. The highest BCUT2D eigenvalue weighted by Gasteiger charge is 2.33. The van der Waals surface area contributed by atoms with Gasteiger partial charge in [-0.25, -0.2) is 4.39 Å². The fourth-order valence-corrected chi connectivity index (χ4v) is 1.27. The van der Waals surface area contributed by atoms with E-state index in [4.69, 9.17) is 11.6 Å². The summed E-state index contributed by atoms with van der Waals surface area (Å²) in [6.07, 6.45) is -4.53. The highest BCUT2D eigenvalue weighted by atomic mass is 35.5. The lowest BCUT2D eigenvalue weighted by molar-refractivity contribution is -0.137. The zero-order valence-corrected chi connectivity index (χ0v) is 8.29. The lowest BCUT2D eigenvalue weighted by Crippen LogP contribution is -2.09. The molecule has 15 heavy (non-hydrogen) atoms. The van der Waals surface area contributed by atoms with Crippen molar-refractivity contribution in [2.45, 2.75) is 6.18 Å². The summed E-state index contributed by atoms with van der Waals surface area (Å²) in [6, 6.07) is 2.23. The minimum atomic E-state index is -4.53. The first-order chi connectivity index (χ1) is 6.86. The van der Waals surface area contributed by atoms with Crippen molar-refractivity contribution in [3.63, 3.8) is 0 Å². The third-order valence-corrected chi connectivity index (χ3v) is 2.15. The molecule has 0 fully saturated rings. The number of hydrogen-bond donors (Lipinski definition) is 0. The third kappa shape index (κ3) is 2.72. The van der Waals surface area contributed by atoms with Crippen molar-refractivity contribution >= 4 is 17.2 Å². The van der Waals surface area contributed by atoms with E-state index in [2.05, 4.69) is 6.58 Å². The van der Waals surface area contributed by atoms with Crippen LogP contribution in [0.5, 0.6) is 0 Å². The summed E-state index contributed by atoms with van der Waals surface area (Å²) in [6.45, 7) is 3.36. The van der Waals surface area contributed by atoms with Crippen molar-refractivity contribution < 1.29 is 17.6 Å². The second-order valence-electron chi connectivity index (χ2n) is 2.92. The monoisotopic (exact) mass is 238 g/mol. The first kappa shape index (κ1) is 12.0. The Bertz CT molecular complexity index is 381. The van der Waals surface area contributed by atoms with Crippen molar-refractivity contribution in [2.24, 2.45) is 0 Å². The van der Waals surface area contributed by atoms with E-state index in [1.165, 1.54) is 0 Å². The molecule has 0 radical (unpaired) electrons. The van der Waals surface area contributed by atoms with Crippen LogP contribution in [0.1, 0.15) is 11.1 Å². The van der Waals surface area contributed by atoms with Crippen LogP contribution >= 0.6 is 11.6 Å². The average molecular weight is 239 g/mol. The second kappa shape index (κ2) is 4.23. The molecule has 0 spiro atoms. The molecular weight excluding hydrogens is 232 g/mol. The fourth-order valence-electron chi connectivity index (χ4n) is 1.13. The van der Waals surface area contributed by atoms with Crippen molar-refractivity contribution in [1.82, 2.24) is 0 Å². The van der Waals surface area contributed by atoms with Crippen molar-refractivity contribution in [2.75, 3.05) is 5.88 Å². The van der Waals surface area contributed by atoms with E-state index in [1.807, 2.05) is 0 Å². The molecular formula is C10H7ClF4. The summed E-state index contributed by atoms with van der Waals surface area (Å²) in [5, 5.41) is 0. The standard InChI is InChI=1S/C10H7ClF4/c1-6(5-11)8-4-7(12)2-3-9(8)10(13,14)15/h2-4H,1,5H2. The van der Waals surface area contributed by atoms with E-state index in [0.717, 1.165) is 12.1 Å². The molecule has 0 saturated carbocycles. The summed E-state index contributed by atoms with van der Waals surface area (Å²) >= 11 is 5.37. The van der Waals surface area contributed by atoms with Gasteiger partial charge < -0.3 is 0 Å². The Morgan fingerprint density at radius 1 is 1.33 bits per heavy atom. The molecule has 0 aliphatic carbocycles. The molecule has 82 valence electrons. The van der Waals surface area contributed by atoms with Gasteiger partial charge in [0.15, 0.2) is 0 Å². The second-order valence-corrected chi connectivity index (χ2v) is 3.19. The van der Waals surface area contributed by atoms with E-state index < -0.39 is 17.6 Å². The minimum absolute atomic E-state index is 0.0449. The molecule has 0 unspecified atom stereocenters. The van der Waals surface area contributed by atoms with Crippen molar-refractivity contribution in [3.05, 3.63) is 41.7 Å². The normalized spacial score (nSPS) is 11.5. The Morgan fingerprint density at radius 3 is 2.40 bits per heavy atom. The molecule has 0 N–H and O–H groups in total. The fraction of sp³-hybridized carbons (Fsp3) is 0.200. The van der Waals surface area contributed by atoms with Gasteiger partial charge in [-0.2, -0.15) is 13.2 Å². The van der Waals surface area contributed by atoms with E-state index >= 15 is 0 Å². The maximum absolute atomic E-state index is 12.8. The summed E-state index contributed by atoms with van der Waals surface area (Å²) in [4.78, 5) is 0. The molecule has 1 aromatic carbocycles. The van der Waals surface area contributed by atoms with Gasteiger partial charge in [0.2, 0.25) is 0 Å². The number of alkyl halides is 4. The highest BCUT2D eigenvalue weighted by molar-refractivity contribution is 6.23. The molecule has 5 heteroatoms. The van der Waals surface area contributed by atoms with Gasteiger partial charge in [0.25, 0.3) is 0 Å². The predicted octanol–water partition coefficient (Wildman–Crippen LogP) is 4.10. The number of halogens is 5. The lowest BCUT2D eigenvalue weighted by atomic mass is 10.0. The van der Waals surface area contributed by atoms with Crippen LogP contribution in [-0.4, -0.2) is 5.88 Å². The topological polar surface area (TPSA) is 0 Å². The molecule has 0 bridgehead atoms. The van der Waals surface area contributed by atoms with Crippen LogP contribution in [-0.2, 0) is 6.18 Å². The van der Waals surface area contributed by atoms with Crippen LogP contribution < -0.4 is 0 Å². The van der Waals surface area contributed by atoms with Gasteiger partial charge in [-0.05, 0) is 29.3 Å². The van der Waals surface area contributed by atoms with Gasteiger partial charge in [0.1, 0.15) is 5.82 Å². The van der Waals surface area contributed by atoms with Crippen LogP contribution in [0.15, 0.2) is 24.8 Å². The first-order valence-electron chi connectivity index (χ1n) is 3.97. The Hall–Kier alpha value is -1.03. The first-order valence-corrected chi connectivity index (χ1v) is 4.50. The molecule has 1 aromatic rings. The Morgan fingerprint density at radius 2 is 1.93 bits per heavy atom. The molecule has 0 aromatic heterocycles. The zero-order valence-electron chi connectivity index (χ0n) is 7.54. The maximum atomic E-state index is 12.8. The largest absolute Gasteiger partial charge is 0.416 e. The van der Waals surface area contributed by atoms with Gasteiger partial charge >= 0.3 is 6.18 Å². The minimum Gasteiger partial charge on any atom is -0.207 e.